The topological polar surface area (TPSA) is 37.8 Å². The predicted molar refractivity (Wildman–Crippen MR) is 77.2 cm³/mol. The van der Waals surface area contributed by atoms with Crippen LogP contribution >= 0.6 is 43.5 Å². The maximum Gasteiger partial charge on any atom is 0.451 e. The fourth-order valence-corrected chi connectivity index (χ4v) is 2.67. The van der Waals surface area contributed by atoms with E-state index in [4.69, 9.17) is 11.6 Å². The van der Waals surface area contributed by atoms with Gasteiger partial charge in [0.05, 0.1) is 5.69 Å². The lowest BCUT2D eigenvalue weighted by atomic mass is 10.3. The van der Waals surface area contributed by atoms with Gasteiger partial charge in [0.25, 0.3) is 0 Å². The van der Waals surface area contributed by atoms with Crippen LogP contribution in [-0.2, 0) is 6.18 Å². The summed E-state index contributed by atoms with van der Waals surface area (Å²) in [6.07, 6.45) is -4.65. The highest BCUT2D eigenvalue weighted by Crippen LogP contribution is 2.31. The number of aromatic nitrogens is 2. The van der Waals surface area contributed by atoms with Crippen molar-refractivity contribution < 1.29 is 13.2 Å². The molecule has 2 rings (SSSR count). The van der Waals surface area contributed by atoms with Crippen molar-refractivity contribution in [2.75, 3.05) is 5.32 Å². The highest BCUT2D eigenvalue weighted by molar-refractivity contribution is 9.11. The molecule has 0 spiro atoms. The standard InChI is InChI=1S/C11H5Br2ClF3N3/c12-5-1-2-7(6(13)3-5)18-9-4-8(14)19-10(20-9)11(15,16)17/h1-4H,(H,18,19,20). The SMILES string of the molecule is FC(F)(F)c1nc(Cl)cc(Nc2ccc(Br)cc2Br)n1. The molecular formula is C11H5Br2ClF3N3. The Labute approximate surface area is 133 Å². The van der Waals surface area contributed by atoms with Gasteiger partial charge in [-0.3, -0.25) is 0 Å². The van der Waals surface area contributed by atoms with E-state index >= 15 is 0 Å². The molecule has 106 valence electrons. The summed E-state index contributed by atoms with van der Waals surface area (Å²) >= 11 is 12.1. The summed E-state index contributed by atoms with van der Waals surface area (Å²) in [4.78, 5) is 6.55. The molecule has 0 saturated heterocycles. The Hall–Kier alpha value is -0.860. The monoisotopic (exact) mass is 429 g/mol. The molecule has 0 unspecified atom stereocenters. The van der Waals surface area contributed by atoms with Crippen molar-refractivity contribution in [3.63, 3.8) is 0 Å². The second-order valence-corrected chi connectivity index (χ2v) is 5.80. The summed E-state index contributed by atoms with van der Waals surface area (Å²) < 4.78 is 39.3. The van der Waals surface area contributed by atoms with Gasteiger partial charge in [0.1, 0.15) is 11.0 Å². The largest absolute Gasteiger partial charge is 0.451 e. The molecule has 20 heavy (non-hydrogen) atoms. The first-order chi connectivity index (χ1) is 9.25. The normalized spacial score (nSPS) is 11.5. The second-order valence-electron chi connectivity index (χ2n) is 3.65. The fraction of sp³-hybridized carbons (Fsp3) is 0.0909. The van der Waals surface area contributed by atoms with Gasteiger partial charge in [0, 0.05) is 15.0 Å². The van der Waals surface area contributed by atoms with Crippen LogP contribution in [0.3, 0.4) is 0 Å². The lowest BCUT2D eigenvalue weighted by Gasteiger charge is -2.11. The smallest absolute Gasteiger partial charge is 0.339 e. The van der Waals surface area contributed by atoms with Crippen LogP contribution in [0.5, 0.6) is 0 Å². The summed E-state index contributed by atoms with van der Waals surface area (Å²) in [5.74, 6) is -1.33. The van der Waals surface area contributed by atoms with E-state index in [1.165, 1.54) is 6.07 Å². The van der Waals surface area contributed by atoms with Crippen LogP contribution in [-0.4, -0.2) is 9.97 Å². The van der Waals surface area contributed by atoms with Gasteiger partial charge in [-0.2, -0.15) is 13.2 Å². The Bertz CT molecular complexity index is 649. The average molecular weight is 431 g/mol. The van der Waals surface area contributed by atoms with Crippen LogP contribution in [0.2, 0.25) is 5.15 Å². The van der Waals surface area contributed by atoms with Crippen LogP contribution in [0.15, 0.2) is 33.2 Å². The van der Waals surface area contributed by atoms with E-state index in [9.17, 15) is 13.2 Å². The first-order valence-electron chi connectivity index (χ1n) is 5.09. The van der Waals surface area contributed by atoms with Crippen molar-refractivity contribution in [3.05, 3.63) is 44.2 Å². The molecule has 0 radical (unpaired) electrons. The zero-order valence-electron chi connectivity index (χ0n) is 9.47. The van der Waals surface area contributed by atoms with Crippen LogP contribution in [0.1, 0.15) is 5.82 Å². The van der Waals surface area contributed by atoms with E-state index in [1.807, 2.05) is 0 Å². The maximum atomic E-state index is 12.6. The minimum absolute atomic E-state index is 0.0413. The summed E-state index contributed by atoms with van der Waals surface area (Å²) in [6.45, 7) is 0. The molecule has 1 aromatic heterocycles. The van der Waals surface area contributed by atoms with Crippen molar-refractivity contribution in [3.8, 4) is 0 Å². The zero-order valence-corrected chi connectivity index (χ0v) is 13.4. The third kappa shape index (κ3) is 3.83. The van der Waals surface area contributed by atoms with Crippen molar-refractivity contribution in [2.45, 2.75) is 6.18 Å². The van der Waals surface area contributed by atoms with E-state index in [1.54, 1.807) is 18.2 Å². The second kappa shape index (κ2) is 5.87. The van der Waals surface area contributed by atoms with E-state index in [0.29, 0.717) is 10.2 Å². The number of hydrogen-bond acceptors (Lipinski definition) is 3. The van der Waals surface area contributed by atoms with Crippen molar-refractivity contribution in [1.29, 1.82) is 0 Å². The Kier molecular flexibility index (Phi) is 4.55. The number of halogens is 6. The van der Waals surface area contributed by atoms with Crippen molar-refractivity contribution in [1.82, 2.24) is 9.97 Å². The molecule has 0 saturated carbocycles. The number of anilines is 2. The van der Waals surface area contributed by atoms with Gasteiger partial charge in [-0.15, -0.1) is 0 Å². The lowest BCUT2D eigenvalue weighted by molar-refractivity contribution is -0.144. The molecule has 0 amide bonds. The summed E-state index contributed by atoms with van der Waals surface area (Å²) in [7, 11) is 0. The summed E-state index contributed by atoms with van der Waals surface area (Å²) in [6, 6.07) is 6.37. The zero-order chi connectivity index (χ0) is 14.9. The molecule has 0 atom stereocenters. The molecule has 1 aromatic carbocycles. The Balaban J connectivity index is 2.36. The van der Waals surface area contributed by atoms with Gasteiger partial charge in [-0.25, -0.2) is 9.97 Å². The number of hydrogen-bond donors (Lipinski definition) is 1. The Morgan fingerprint density at radius 2 is 1.80 bits per heavy atom. The van der Waals surface area contributed by atoms with Gasteiger partial charge in [0.15, 0.2) is 0 Å². The highest BCUT2D eigenvalue weighted by Gasteiger charge is 2.35. The van der Waals surface area contributed by atoms with E-state index in [-0.39, 0.29) is 11.0 Å². The maximum absolute atomic E-state index is 12.6. The van der Waals surface area contributed by atoms with Crippen molar-refractivity contribution in [2.24, 2.45) is 0 Å². The molecule has 2 aromatic rings. The van der Waals surface area contributed by atoms with Gasteiger partial charge in [-0.05, 0) is 34.1 Å². The van der Waals surface area contributed by atoms with Crippen molar-refractivity contribution >= 4 is 55.0 Å². The molecular weight excluding hydrogens is 426 g/mol. The molecule has 1 N–H and O–H groups in total. The van der Waals surface area contributed by atoms with Crippen LogP contribution < -0.4 is 5.32 Å². The number of nitrogens with zero attached hydrogens (tertiary/aromatic N) is 2. The minimum atomic E-state index is -4.65. The molecule has 3 nitrogen and oxygen atoms in total. The molecule has 1 heterocycles. The van der Waals surface area contributed by atoms with Gasteiger partial charge in [0.2, 0.25) is 5.82 Å². The minimum Gasteiger partial charge on any atom is -0.339 e. The number of benzene rings is 1. The molecule has 0 aliphatic carbocycles. The highest BCUT2D eigenvalue weighted by atomic mass is 79.9. The van der Waals surface area contributed by atoms with Gasteiger partial charge in [-0.1, -0.05) is 27.5 Å². The lowest BCUT2D eigenvalue weighted by Crippen LogP contribution is -2.12. The Morgan fingerprint density at radius 1 is 1.10 bits per heavy atom. The first kappa shape index (κ1) is 15.5. The average Bonchev–Trinajstić information content (AvgIpc) is 2.31. The van der Waals surface area contributed by atoms with Crippen LogP contribution in [0.25, 0.3) is 0 Å². The molecule has 0 aliphatic rings. The van der Waals surface area contributed by atoms with E-state index in [0.717, 1.165) is 4.47 Å². The number of alkyl halides is 3. The third-order valence-corrected chi connectivity index (χ3v) is 3.49. The third-order valence-electron chi connectivity index (χ3n) is 2.14. The quantitative estimate of drug-likeness (QED) is 0.646. The van der Waals surface area contributed by atoms with E-state index in [2.05, 4.69) is 47.1 Å². The van der Waals surface area contributed by atoms with Gasteiger partial charge >= 0.3 is 6.18 Å². The molecule has 0 bridgehead atoms. The van der Waals surface area contributed by atoms with Gasteiger partial charge < -0.3 is 5.32 Å². The number of nitrogens with one attached hydrogen (secondary N) is 1. The first-order valence-corrected chi connectivity index (χ1v) is 7.06. The van der Waals surface area contributed by atoms with Crippen LogP contribution in [0.4, 0.5) is 24.7 Å². The predicted octanol–water partition coefficient (Wildman–Crippen LogP) is 5.42. The van der Waals surface area contributed by atoms with E-state index < -0.39 is 12.0 Å². The Morgan fingerprint density at radius 3 is 2.40 bits per heavy atom. The number of rotatable bonds is 2. The molecule has 0 aliphatic heterocycles. The van der Waals surface area contributed by atoms with Crippen LogP contribution in [0, 0.1) is 0 Å². The molecule has 9 heteroatoms. The fourth-order valence-electron chi connectivity index (χ4n) is 1.34. The summed E-state index contributed by atoms with van der Waals surface area (Å²) in [5, 5.41) is 2.46. The summed E-state index contributed by atoms with van der Waals surface area (Å²) in [5.41, 5.74) is 0.552. The molecule has 0 fully saturated rings.